The van der Waals surface area contributed by atoms with Crippen LogP contribution in [0.3, 0.4) is 0 Å². The lowest BCUT2D eigenvalue weighted by Gasteiger charge is -2.04. The molecule has 2 aromatic heterocycles. The van der Waals surface area contributed by atoms with Crippen LogP contribution in [0.4, 0.5) is 0 Å². The van der Waals surface area contributed by atoms with Gasteiger partial charge in [-0.2, -0.15) is 0 Å². The number of aromatic nitrogens is 1. The number of fused-ring (bicyclic) bond motifs is 1. The highest BCUT2D eigenvalue weighted by Crippen LogP contribution is 2.04. The van der Waals surface area contributed by atoms with E-state index in [4.69, 9.17) is 0 Å². The van der Waals surface area contributed by atoms with Crippen LogP contribution >= 0.6 is 0 Å². The van der Waals surface area contributed by atoms with E-state index in [1.165, 1.54) is 0 Å². The second kappa shape index (κ2) is 3.05. The van der Waals surface area contributed by atoms with E-state index in [0.717, 1.165) is 17.6 Å². The number of pyridine rings is 2. The van der Waals surface area contributed by atoms with Crippen molar-refractivity contribution < 1.29 is 0 Å². The number of nitrogens with zero attached hydrogens (tertiary/aromatic N) is 1. The minimum absolute atomic E-state index is 0.0509. The topological polar surface area (TPSA) is 21.5 Å². The highest BCUT2D eigenvalue weighted by atomic mass is 16.1. The van der Waals surface area contributed by atoms with Gasteiger partial charge < -0.3 is 0 Å². The Morgan fingerprint density at radius 2 is 1.85 bits per heavy atom. The van der Waals surface area contributed by atoms with Gasteiger partial charge >= 0.3 is 0 Å². The zero-order valence-corrected chi connectivity index (χ0v) is 7.53. The predicted molar refractivity (Wildman–Crippen MR) is 53.0 cm³/mol. The summed E-state index contributed by atoms with van der Waals surface area (Å²) in [6, 6.07) is 11.2. The first kappa shape index (κ1) is 8.05. The lowest BCUT2D eigenvalue weighted by molar-refractivity contribution is 0.943. The molecule has 0 amide bonds. The molecule has 0 unspecified atom stereocenters. The number of hydrogen-bond acceptors (Lipinski definition) is 1. The van der Waals surface area contributed by atoms with Crippen molar-refractivity contribution in [2.75, 3.05) is 0 Å². The molecule has 0 aliphatic rings. The van der Waals surface area contributed by atoms with E-state index < -0.39 is 0 Å². The third kappa shape index (κ3) is 1.24. The van der Waals surface area contributed by atoms with Gasteiger partial charge in [0.1, 0.15) is 0 Å². The van der Waals surface area contributed by atoms with Gasteiger partial charge in [-0.05, 0) is 24.6 Å². The highest BCUT2D eigenvalue weighted by molar-refractivity contribution is 5.47. The summed E-state index contributed by atoms with van der Waals surface area (Å²) in [6.07, 6.45) is 0.876. The molecule has 0 aromatic carbocycles. The summed E-state index contributed by atoms with van der Waals surface area (Å²) < 4.78 is 1.75. The van der Waals surface area contributed by atoms with Crippen LogP contribution < -0.4 is 5.56 Å². The van der Waals surface area contributed by atoms with Crippen LogP contribution in [-0.4, -0.2) is 4.40 Å². The molecule has 0 spiro atoms. The molecule has 0 bridgehead atoms. The largest absolute Gasteiger partial charge is 0.281 e. The molecule has 0 atom stereocenters. The van der Waals surface area contributed by atoms with E-state index in [0.29, 0.717) is 0 Å². The number of aryl methyl sites for hydroxylation is 1. The van der Waals surface area contributed by atoms with Crippen molar-refractivity contribution in [3.8, 4) is 0 Å². The first-order chi connectivity index (χ1) is 6.33. The van der Waals surface area contributed by atoms with Gasteiger partial charge in [-0.25, -0.2) is 0 Å². The van der Waals surface area contributed by atoms with Crippen LogP contribution in [0.5, 0.6) is 0 Å². The summed E-state index contributed by atoms with van der Waals surface area (Å²) in [6.45, 7) is 2.05. The fourth-order valence-electron chi connectivity index (χ4n) is 1.55. The molecule has 13 heavy (non-hydrogen) atoms. The zero-order chi connectivity index (χ0) is 9.26. The van der Waals surface area contributed by atoms with E-state index in [1.807, 2.05) is 31.2 Å². The maximum Gasteiger partial charge on any atom is 0.255 e. The maximum absolute atomic E-state index is 11.5. The smallest absolute Gasteiger partial charge is 0.255 e. The summed E-state index contributed by atoms with van der Waals surface area (Å²) in [5.41, 5.74) is 2.07. The molecule has 0 fully saturated rings. The van der Waals surface area contributed by atoms with Crippen molar-refractivity contribution >= 4 is 5.52 Å². The average molecular weight is 173 g/mol. The van der Waals surface area contributed by atoms with Crippen LogP contribution in [-0.2, 0) is 6.42 Å². The Bertz CT molecular complexity index is 479. The van der Waals surface area contributed by atoms with Crippen LogP contribution in [0.2, 0.25) is 0 Å². The van der Waals surface area contributed by atoms with Gasteiger partial charge in [0.15, 0.2) is 0 Å². The predicted octanol–water partition coefficient (Wildman–Crippen LogP) is 1.86. The lowest BCUT2D eigenvalue weighted by Crippen LogP contribution is -2.14. The van der Waals surface area contributed by atoms with Gasteiger partial charge in [0.2, 0.25) is 0 Å². The monoisotopic (exact) mass is 173 g/mol. The summed E-state index contributed by atoms with van der Waals surface area (Å²) in [5.74, 6) is 0. The summed E-state index contributed by atoms with van der Waals surface area (Å²) in [7, 11) is 0. The molecule has 2 heteroatoms. The fraction of sp³-hybridized carbons (Fsp3) is 0.182. The van der Waals surface area contributed by atoms with Gasteiger partial charge in [0.05, 0.1) is 0 Å². The second-order valence-corrected chi connectivity index (χ2v) is 2.99. The molecule has 2 aromatic rings. The number of hydrogen-bond donors (Lipinski definition) is 0. The normalized spacial score (nSPS) is 10.5. The standard InChI is InChI=1S/C11H11NO/c1-2-9-5-3-6-10-7-4-8-11(13)12(9)10/h3-8H,2H2,1H3. The van der Waals surface area contributed by atoms with Crippen molar-refractivity contribution in [3.63, 3.8) is 0 Å². The minimum Gasteiger partial charge on any atom is -0.281 e. The molecule has 2 heterocycles. The molecule has 0 saturated heterocycles. The molecular weight excluding hydrogens is 162 g/mol. The molecule has 0 saturated carbocycles. The van der Waals surface area contributed by atoms with Gasteiger partial charge in [-0.15, -0.1) is 0 Å². The molecule has 2 nitrogen and oxygen atoms in total. The molecule has 0 aliphatic carbocycles. The fourth-order valence-corrected chi connectivity index (χ4v) is 1.55. The zero-order valence-electron chi connectivity index (χ0n) is 7.53. The molecule has 0 aliphatic heterocycles. The number of rotatable bonds is 1. The first-order valence-corrected chi connectivity index (χ1v) is 4.42. The van der Waals surface area contributed by atoms with E-state index in [2.05, 4.69) is 0 Å². The highest BCUT2D eigenvalue weighted by Gasteiger charge is 1.98. The lowest BCUT2D eigenvalue weighted by atomic mass is 10.2. The Morgan fingerprint density at radius 1 is 1.15 bits per heavy atom. The Hall–Kier alpha value is -1.57. The van der Waals surface area contributed by atoms with E-state index >= 15 is 0 Å². The van der Waals surface area contributed by atoms with Crippen molar-refractivity contribution in [3.05, 3.63) is 52.4 Å². The van der Waals surface area contributed by atoms with E-state index in [1.54, 1.807) is 16.5 Å². The maximum atomic E-state index is 11.5. The van der Waals surface area contributed by atoms with Crippen molar-refractivity contribution in [1.82, 2.24) is 4.40 Å². The van der Waals surface area contributed by atoms with Crippen LogP contribution in [0, 0.1) is 0 Å². The Labute approximate surface area is 76.5 Å². The third-order valence-electron chi connectivity index (χ3n) is 2.19. The van der Waals surface area contributed by atoms with Gasteiger partial charge in [0.25, 0.3) is 5.56 Å². The molecule has 0 N–H and O–H groups in total. The van der Waals surface area contributed by atoms with Crippen LogP contribution in [0.1, 0.15) is 12.6 Å². The second-order valence-electron chi connectivity index (χ2n) is 2.99. The van der Waals surface area contributed by atoms with Crippen molar-refractivity contribution in [2.45, 2.75) is 13.3 Å². The summed E-state index contributed by atoms with van der Waals surface area (Å²) in [5, 5.41) is 0. The Kier molecular flexibility index (Phi) is 1.89. The molecule has 66 valence electrons. The van der Waals surface area contributed by atoms with Gasteiger partial charge in [-0.3, -0.25) is 9.20 Å². The minimum atomic E-state index is 0.0509. The van der Waals surface area contributed by atoms with Gasteiger partial charge in [0, 0.05) is 17.3 Å². The van der Waals surface area contributed by atoms with E-state index in [-0.39, 0.29) is 5.56 Å². The molecule has 2 rings (SSSR count). The molecular formula is C11H11NO. The van der Waals surface area contributed by atoms with Crippen LogP contribution in [0.25, 0.3) is 5.52 Å². The van der Waals surface area contributed by atoms with Gasteiger partial charge in [-0.1, -0.05) is 19.1 Å². The SMILES string of the molecule is CCc1cccc2cccc(=O)n12. The van der Waals surface area contributed by atoms with Crippen molar-refractivity contribution in [2.24, 2.45) is 0 Å². The average Bonchev–Trinajstić information content (AvgIpc) is 2.17. The Morgan fingerprint density at radius 3 is 2.54 bits per heavy atom. The molecule has 0 radical (unpaired) electrons. The summed E-state index contributed by atoms with van der Waals surface area (Å²) in [4.78, 5) is 11.5. The van der Waals surface area contributed by atoms with E-state index in [9.17, 15) is 4.79 Å². The first-order valence-electron chi connectivity index (χ1n) is 4.42. The van der Waals surface area contributed by atoms with Crippen molar-refractivity contribution in [1.29, 1.82) is 0 Å². The summed E-state index contributed by atoms with van der Waals surface area (Å²) >= 11 is 0. The Balaban J connectivity index is 2.95. The quantitative estimate of drug-likeness (QED) is 0.645. The third-order valence-corrected chi connectivity index (χ3v) is 2.19. The van der Waals surface area contributed by atoms with Crippen LogP contribution in [0.15, 0.2) is 41.2 Å².